The summed E-state index contributed by atoms with van der Waals surface area (Å²) in [7, 11) is 1.51. The molecule has 0 unspecified atom stereocenters. The van der Waals surface area contributed by atoms with Crippen molar-refractivity contribution >= 4 is 29.2 Å². The van der Waals surface area contributed by atoms with Crippen LogP contribution in [0.4, 0.5) is 5.69 Å². The molecule has 1 saturated heterocycles. The zero-order valence-electron chi connectivity index (χ0n) is 23.2. The number of nitrogens with one attached hydrogen (secondary N) is 1. The molecule has 0 saturated carbocycles. The summed E-state index contributed by atoms with van der Waals surface area (Å²) in [5.74, 6) is -0.668. The van der Waals surface area contributed by atoms with Gasteiger partial charge in [0.2, 0.25) is 12.7 Å². The van der Waals surface area contributed by atoms with E-state index in [1.54, 1.807) is 42.5 Å². The maximum Gasteiger partial charge on any atom is 0.238 e. The molecule has 0 aliphatic carbocycles. The van der Waals surface area contributed by atoms with Gasteiger partial charge >= 0.3 is 0 Å². The van der Waals surface area contributed by atoms with Crippen LogP contribution in [0.1, 0.15) is 43.4 Å². The van der Waals surface area contributed by atoms with E-state index >= 15 is 4.79 Å². The second-order valence-electron chi connectivity index (χ2n) is 11.1. The topological polar surface area (TPSA) is 94.2 Å². The molecule has 4 aliphatic heterocycles. The molecular formula is C35H26N2O6. The minimum atomic E-state index is -1.42. The zero-order chi connectivity index (χ0) is 29.3. The standard InChI is InChI=1S/C35H26N2O6/c1-41-26-13-7-4-10-23(26)32(39)29-30(31(38)21-14-15-27-28(18-21)43-19-42-27)37-17-16-20-8-2-3-9-22(20)33(37)35(29)24-11-5-6-12-25(24)36-34(35)40/h2-18,29-30,33H,19H2,1H3,(H,36,40)/t29-,30+,33-,35-/m0/s1. The number of carbonyl (C=O) groups excluding carboxylic acids is 3. The maximum atomic E-state index is 15.0. The second-order valence-corrected chi connectivity index (χ2v) is 11.1. The Morgan fingerprint density at radius 1 is 0.907 bits per heavy atom. The van der Waals surface area contributed by atoms with Gasteiger partial charge in [0.15, 0.2) is 23.1 Å². The molecule has 4 heterocycles. The van der Waals surface area contributed by atoms with Crippen LogP contribution in [0, 0.1) is 5.92 Å². The Bertz CT molecular complexity index is 1880. The number of Topliss-reactive ketones (excluding diaryl/α,β-unsaturated/α-hetero) is 2. The van der Waals surface area contributed by atoms with Gasteiger partial charge in [-0.2, -0.15) is 0 Å². The zero-order valence-corrected chi connectivity index (χ0v) is 23.2. The van der Waals surface area contributed by atoms with Crippen molar-refractivity contribution in [3.8, 4) is 17.2 Å². The van der Waals surface area contributed by atoms with Crippen LogP contribution in [0.25, 0.3) is 6.08 Å². The molecule has 1 N–H and O–H groups in total. The summed E-state index contributed by atoms with van der Waals surface area (Å²) in [4.78, 5) is 46.3. The van der Waals surface area contributed by atoms with Crippen molar-refractivity contribution in [1.29, 1.82) is 0 Å². The predicted molar refractivity (Wildman–Crippen MR) is 158 cm³/mol. The molecule has 1 amide bonds. The molecular weight excluding hydrogens is 544 g/mol. The third kappa shape index (κ3) is 3.40. The van der Waals surface area contributed by atoms with Gasteiger partial charge in [-0.1, -0.05) is 54.6 Å². The number of carbonyl (C=O) groups is 3. The van der Waals surface area contributed by atoms with Crippen LogP contribution in [0.5, 0.6) is 17.2 Å². The van der Waals surface area contributed by atoms with Crippen LogP contribution in [-0.4, -0.2) is 42.3 Å². The monoisotopic (exact) mass is 570 g/mol. The SMILES string of the molecule is COc1ccccc1C(=O)[C@@H]1[C@H](C(=O)c2ccc3c(c2)OCO3)N2C=Cc3ccccc3[C@H]2[C@@]12C(=O)Nc1ccccc12. The average molecular weight is 571 g/mol. The molecule has 43 heavy (non-hydrogen) atoms. The first-order valence-corrected chi connectivity index (χ1v) is 14.1. The van der Waals surface area contributed by atoms with Gasteiger partial charge < -0.3 is 24.4 Å². The van der Waals surface area contributed by atoms with E-state index in [0.717, 1.165) is 11.1 Å². The number of hydrogen-bond donors (Lipinski definition) is 1. The molecule has 4 aromatic carbocycles. The summed E-state index contributed by atoms with van der Waals surface area (Å²) >= 11 is 0. The smallest absolute Gasteiger partial charge is 0.238 e. The van der Waals surface area contributed by atoms with E-state index < -0.39 is 23.4 Å². The Hall–Kier alpha value is -5.37. The first-order chi connectivity index (χ1) is 21.0. The Labute approximate surface area is 247 Å². The molecule has 8 nitrogen and oxygen atoms in total. The first kappa shape index (κ1) is 25.3. The number of ketones is 2. The Kier molecular flexibility index (Phi) is 5.50. The normalized spacial score (nSPS) is 23.9. The summed E-state index contributed by atoms with van der Waals surface area (Å²) in [5, 5.41) is 3.07. The average Bonchev–Trinajstić information content (AvgIpc) is 3.73. The maximum absolute atomic E-state index is 15.0. The fraction of sp³-hybridized carbons (Fsp3) is 0.171. The van der Waals surface area contributed by atoms with Gasteiger partial charge in [-0.05, 0) is 59.2 Å². The van der Waals surface area contributed by atoms with Crippen molar-refractivity contribution in [1.82, 2.24) is 4.90 Å². The van der Waals surface area contributed by atoms with Crippen LogP contribution < -0.4 is 19.5 Å². The lowest BCUT2D eigenvalue weighted by Crippen LogP contribution is -2.49. The van der Waals surface area contributed by atoms with E-state index in [-0.39, 0.29) is 24.3 Å². The number of rotatable bonds is 5. The lowest BCUT2D eigenvalue weighted by atomic mass is 9.62. The van der Waals surface area contributed by atoms with Crippen molar-refractivity contribution in [2.75, 3.05) is 19.2 Å². The molecule has 8 heteroatoms. The van der Waals surface area contributed by atoms with Crippen molar-refractivity contribution in [2.45, 2.75) is 17.5 Å². The number of fused-ring (bicyclic) bond motifs is 7. The van der Waals surface area contributed by atoms with Crippen molar-refractivity contribution < 1.29 is 28.6 Å². The third-order valence-corrected chi connectivity index (χ3v) is 9.15. The van der Waals surface area contributed by atoms with E-state index in [4.69, 9.17) is 14.2 Å². The van der Waals surface area contributed by atoms with Crippen LogP contribution in [-0.2, 0) is 10.2 Å². The molecule has 0 bridgehead atoms. The van der Waals surface area contributed by atoms with Crippen LogP contribution in [0.15, 0.2) is 97.2 Å². The summed E-state index contributed by atoms with van der Waals surface area (Å²) in [6.07, 6.45) is 3.79. The molecule has 0 aromatic heterocycles. The first-order valence-electron chi connectivity index (χ1n) is 14.1. The molecule has 212 valence electrons. The van der Waals surface area contributed by atoms with Gasteiger partial charge in [0, 0.05) is 17.5 Å². The lowest BCUT2D eigenvalue weighted by molar-refractivity contribution is -0.122. The number of benzene rings is 4. The van der Waals surface area contributed by atoms with Gasteiger partial charge in [0.25, 0.3) is 0 Å². The predicted octanol–water partition coefficient (Wildman–Crippen LogP) is 5.41. The van der Waals surface area contributed by atoms with Gasteiger partial charge in [-0.3, -0.25) is 14.4 Å². The number of anilines is 1. The minimum Gasteiger partial charge on any atom is -0.496 e. The van der Waals surface area contributed by atoms with Crippen molar-refractivity contribution in [2.24, 2.45) is 5.92 Å². The highest BCUT2D eigenvalue weighted by Gasteiger charge is 2.71. The second kappa shape index (κ2) is 9.32. The minimum absolute atomic E-state index is 0.0686. The van der Waals surface area contributed by atoms with Gasteiger partial charge in [0.05, 0.1) is 24.6 Å². The van der Waals surface area contributed by atoms with E-state index in [9.17, 15) is 9.59 Å². The molecule has 0 radical (unpaired) electrons. The number of nitrogens with zero attached hydrogens (tertiary/aromatic N) is 1. The quantitative estimate of drug-likeness (QED) is 0.321. The van der Waals surface area contributed by atoms with Crippen LogP contribution in [0.2, 0.25) is 0 Å². The fourth-order valence-electron chi connectivity index (χ4n) is 7.40. The highest BCUT2D eigenvalue weighted by Crippen LogP contribution is 2.62. The number of amides is 1. The molecule has 1 fully saturated rings. The van der Waals surface area contributed by atoms with Crippen LogP contribution >= 0.6 is 0 Å². The van der Waals surface area contributed by atoms with Gasteiger partial charge in [0.1, 0.15) is 17.2 Å². The third-order valence-electron chi connectivity index (χ3n) is 9.15. The summed E-state index contributed by atoms with van der Waals surface area (Å²) in [6, 6.07) is 25.6. The summed E-state index contributed by atoms with van der Waals surface area (Å²) in [5.41, 5.74) is 2.37. The number of para-hydroxylation sites is 2. The highest BCUT2D eigenvalue weighted by atomic mass is 16.7. The molecule has 4 aromatic rings. The van der Waals surface area contributed by atoms with E-state index in [1.807, 2.05) is 65.7 Å². The van der Waals surface area contributed by atoms with E-state index in [0.29, 0.717) is 39.6 Å². The van der Waals surface area contributed by atoms with Crippen molar-refractivity contribution in [3.05, 3.63) is 125 Å². The Morgan fingerprint density at radius 3 is 2.56 bits per heavy atom. The van der Waals surface area contributed by atoms with Gasteiger partial charge in [-0.15, -0.1) is 0 Å². The molecule has 4 atom stereocenters. The lowest BCUT2D eigenvalue weighted by Gasteiger charge is -2.38. The van der Waals surface area contributed by atoms with Gasteiger partial charge in [-0.25, -0.2) is 0 Å². The molecule has 1 spiro atoms. The van der Waals surface area contributed by atoms with E-state index in [1.165, 1.54) is 7.11 Å². The fourth-order valence-corrected chi connectivity index (χ4v) is 7.40. The Morgan fingerprint density at radius 2 is 1.67 bits per heavy atom. The highest BCUT2D eigenvalue weighted by molar-refractivity contribution is 6.17. The summed E-state index contributed by atoms with van der Waals surface area (Å²) < 4.78 is 16.7. The van der Waals surface area contributed by atoms with Crippen LogP contribution in [0.3, 0.4) is 0 Å². The number of methoxy groups -OCH3 is 1. The Balaban J connectivity index is 1.42. The number of hydrogen-bond acceptors (Lipinski definition) is 7. The molecule has 8 rings (SSSR count). The summed E-state index contributed by atoms with van der Waals surface area (Å²) in [6.45, 7) is 0.0686. The molecule has 4 aliphatic rings. The van der Waals surface area contributed by atoms with E-state index in [2.05, 4.69) is 5.32 Å². The largest absolute Gasteiger partial charge is 0.496 e. The van der Waals surface area contributed by atoms with Crippen molar-refractivity contribution in [3.63, 3.8) is 0 Å². The number of ether oxygens (including phenoxy) is 3.